The first-order chi connectivity index (χ1) is 6.27. The first-order valence-corrected chi connectivity index (χ1v) is 5.95. The van der Waals surface area contributed by atoms with E-state index in [0.29, 0.717) is 0 Å². The van der Waals surface area contributed by atoms with E-state index in [-0.39, 0.29) is 0 Å². The molecule has 1 unspecified atom stereocenters. The van der Waals surface area contributed by atoms with Gasteiger partial charge >= 0.3 is 0 Å². The van der Waals surface area contributed by atoms with E-state index in [9.17, 15) is 0 Å². The first kappa shape index (κ1) is 9.51. The van der Waals surface area contributed by atoms with Crippen LogP contribution in [0.25, 0.3) is 0 Å². The third-order valence-electron chi connectivity index (χ3n) is 4.25. The van der Waals surface area contributed by atoms with E-state index in [4.69, 9.17) is 0 Å². The average molecular weight is 181 g/mol. The number of rotatable bonds is 3. The van der Waals surface area contributed by atoms with Crippen LogP contribution in [0.5, 0.6) is 0 Å². The molecule has 1 atom stereocenters. The van der Waals surface area contributed by atoms with Gasteiger partial charge in [0.1, 0.15) is 0 Å². The molecular formula is C12H23N. The van der Waals surface area contributed by atoms with Crippen LogP contribution in [0.2, 0.25) is 0 Å². The highest BCUT2D eigenvalue weighted by atomic mass is 15.1. The molecule has 1 heterocycles. The summed E-state index contributed by atoms with van der Waals surface area (Å²) in [6.45, 7) is 5.01. The molecule has 0 radical (unpaired) electrons. The van der Waals surface area contributed by atoms with Crippen LogP contribution in [0.3, 0.4) is 0 Å². The SMILES string of the molecule is CCCCC1CC12CCN(C)CC2. The van der Waals surface area contributed by atoms with Crippen molar-refractivity contribution in [2.24, 2.45) is 11.3 Å². The predicted molar refractivity (Wildman–Crippen MR) is 56.8 cm³/mol. The van der Waals surface area contributed by atoms with Crippen molar-refractivity contribution in [3.05, 3.63) is 0 Å². The maximum absolute atomic E-state index is 2.49. The molecule has 0 aromatic rings. The van der Waals surface area contributed by atoms with E-state index in [1.165, 1.54) is 45.2 Å². The number of unbranched alkanes of at least 4 members (excludes halogenated alkanes) is 1. The molecule has 0 aromatic carbocycles. The zero-order valence-electron chi connectivity index (χ0n) is 9.18. The Labute approximate surface area is 82.5 Å². The lowest BCUT2D eigenvalue weighted by Crippen LogP contribution is -2.31. The molecule has 76 valence electrons. The molecule has 2 fully saturated rings. The smallest absolute Gasteiger partial charge is 0.00164 e. The third-order valence-corrected chi connectivity index (χ3v) is 4.25. The Hall–Kier alpha value is -0.0400. The topological polar surface area (TPSA) is 3.24 Å². The summed E-state index contributed by atoms with van der Waals surface area (Å²) in [4.78, 5) is 2.49. The monoisotopic (exact) mass is 181 g/mol. The van der Waals surface area contributed by atoms with Gasteiger partial charge in [-0.15, -0.1) is 0 Å². The minimum atomic E-state index is 0.835. The summed E-state index contributed by atoms with van der Waals surface area (Å²) in [5, 5.41) is 0. The van der Waals surface area contributed by atoms with Gasteiger partial charge in [-0.2, -0.15) is 0 Å². The number of piperidine rings is 1. The minimum absolute atomic E-state index is 0.835. The molecule has 1 aliphatic heterocycles. The second-order valence-corrected chi connectivity index (χ2v) is 5.21. The van der Waals surface area contributed by atoms with Gasteiger partial charge < -0.3 is 4.90 Å². The van der Waals surface area contributed by atoms with Crippen molar-refractivity contribution in [3.63, 3.8) is 0 Å². The van der Waals surface area contributed by atoms with E-state index in [1.807, 2.05) is 0 Å². The van der Waals surface area contributed by atoms with Gasteiger partial charge in [0.2, 0.25) is 0 Å². The van der Waals surface area contributed by atoms with Crippen LogP contribution in [0, 0.1) is 11.3 Å². The van der Waals surface area contributed by atoms with E-state index in [0.717, 1.165) is 11.3 Å². The molecule has 0 bridgehead atoms. The van der Waals surface area contributed by atoms with Crippen LogP contribution in [-0.2, 0) is 0 Å². The van der Waals surface area contributed by atoms with Gasteiger partial charge in [0.15, 0.2) is 0 Å². The number of nitrogens with zero attached hydrogens (tertiary/aromatic N) is 1. The van der Waals surface area contributed by atoms with Crippen LogP contribution >= 0.6 is 0 Å². The standard InChI is InChI=1S/C12H23N/c1-3-4-5-11-10-12(11)6-8-13(2)9-7-12/h11H,3-10H2,1-2H3. The number of hydrogen-bond donors (Lipinski definition) is 0. The van der Waals surface area contributed by atoms with Crippen LogP contribution < -0.4 is 0 Å². The van der Waals surface area contributed by atoms with Crippen molar-refractivity contribution in [3.8, 4) is 0 Å². The lowest BCUT2D eigenvalue weighted by atomic mass is 9.90. The Morgan fingerprint density at radius 2 is 2.00 bits per heavy atom. The molecule has 0 N–H and O–H groups in total. The highest BCUT2D eigenvalue weighted by molar-refractivity contribution is 5.04. The largest absolute Gasteiger partial charge is 0.306 e. The highest BCUT2D eigenvalue weighted by Gasteiger charge is 2.53. The summed E-state index contributed by atoms with van der Waals surface area (Å²) >= 11 is 0. The summed E-state index contributed by atoms with van der Waals surface area (Å²) in [5.41, 5.74) is 0.835. The average Bonchev–Trinajstić information content (AvgIpc) is 2.82. The molecule has 1 saturated carbocycles. The minimum Gasteiger partial charge on any atom is -0.306 e. The summed E-state index contributed by atoms with van der Waals surface area (Å²) in [7, 11) is 2.26. The fourth-order valence-corrected chi connectivity index (χ4v) is 2.97. The molecule has 2 aliphatic rings. The van der Waals surface area contributed by atoms with Gasteiger partial charge in [-0.3, -0.25) is 0 Å². The van der Waals surface area contributed by atoms with Gasteiger partial charge in [0.05, 0.1) is 0 Å². The maximum atomic E-state index is 2.49. The number of hydrogen-bond acceptors (Lipinski definition) is 1. The molecule has 1 spiro atoms. The molecule has 1 heteroatoms. The highest BCUT2D eigenvalue weighted by Crippen LogP contribution is 2.61. The van der Waals surface area contributed by atoms with Crippen molar-refractivity contribution in [2.45, 2.75) is 45.4 Å². The normalized spacial score (nSPS) is 32.3. The second kappa shape index (κ2) is 3.61. The summed E-state index contributed by atoms with van der Waals surface area (Å²) in [6, 6.07) is 0. The van der Waals surface area contributed by atoms with E-state index in [2.05, 4.69) is 18.9 Å². The Morgan fingerprint density at radius 3 is 2.62 bits per heavy atom. The molecule has 2 rings (SSSR count). The van der Waals surface area contributed by atoms with Gasteiger partial charge in [-0.05, 0) is 57.2 Å². The lowest BCUT2D eigenvalue weighted by molar-refractivity contribution is 0.191. The van der Waals surface area contributed by atoms with Crippen molar-refractivity contribution >= 4 is 0 Å². The quantitative estimate of drug-likeness (QED) is 0.647. The van der Waals surface area contributed by atoms with E-state index >= 15 is 0 Å². The first-order valence-electron chi connectivity index (χ1n) is 5.95. The van der Waals surface area contributed by atoms with Crippen LogP contribution in [0.15, 0.2) is 0 Å². The Kier molecular flexibility index (Phi) is 2.64. The van der Waals surface area contributed by atoms with Crippen molar-refractivity contribution in [2.75, 3.05) is 20.1 Å². The lowest BCUT2D eigenvalue weighted by Gasteiger charge is -2.30. The summed E-state index contributed by atoms with van der Waals surface area (Å²) in [5.74, 6) is 1.11. The van der Waals surface area contributed by atoms with Crippen LogP contribution in [0.4, 0.5) is 0 Å². The number of likely N-dealkylation sites (tertiary alicyclic amines) is 1. The van der Waals surface area contributed by atoms with Crippen molar-refractivity contribution in [1.82, 2.24) is 4.90 Å². The molecule has 13 heavy (non-hydrogen) atoms. The van der Waals surface area contributed by atoms with Crippen molar-refractivity contribution in [1.29, 1.82) is 0 Å². The van der Waals surface area contributed by atoms with Gasteiger partial charge in [-0.25, -0.2) is 0 Å². The second-order valence-electron chi connectivity index (χ2n) is 5.21. The van der Waals surface area contributed by atoms with Gasteiger partial charge in [0.25, 0.3) is 0 Å². The molecule has 1 saturated heterocycles. The van der Waals surface area contributed by atoms with E-state index < -0.39 is 0 Å². The van der Waals surface area contributed by atoms with E-state index in [1.54, 1.807) is 6.42 Å². The fraction of sp³-hybridized carbons (Fsp3) is 1.00. The van der Waals surface area contributed by atoms with Crippen LogP contribution in [0.1, 0.15) is 45.4 Å². The van der Waals surface area contributed by atoms with Gasteiger partial charge in [0, 0.05) is 0 Å². The molecule has 1 aliphatic carbocycles. The molecule has 0 amide bonds. The molecule has 1 nitrogen and oxygen atoms in total. The zero-order chi connectivity index (χ0) is 9.31. The third kappa shape index (κ3) is 1.90. The predicted octanol–water partition coefficient (Wildman–Crippen LogP) is 2.91. The summed E-state index contributed by atoms with van der Waals surface area (Å²) in [6.07, 6.45) is 8.88. The van der Waals surface area contributed by atoms with Gasteiger partial charge in [-0.1, -0.05) is 19.8 Å². The Morgan fingerprint density at radius 1 is 1.31 bits per heavy atom. The molecule has 0 aromatic heterocycles. The fourth-order valence-electron chi connectivity index (χ4n) is 2.97. The van der Waals surface area contributed by atoms with Crippen molar-refractivity contribution < 1.29 is 0 Å². The van der Waals surface area contributed by atoms with Crippen LogP contribution in [-0.4, -0.2) is 25.0 Å². The maximum Gasteiger partial charge on any atom is -0.00164 e. The molecular weight excluding hydrogens is 158 g/mol. The Bertz CT molecular complexity index is 168. The summed E-state index contributed by atoms with van der Waals surface area (Å²) < 4.78 is 0. The zero-order valence-corrected chi connectivity index (χ0v) is 9.18. The Balaban J connectivity index is 1.76.